The molecule has 0 bridgehead atoms. The van der Waals surface area contributed by atoms with E-state index in [2.05, 4.69) is 24.1 Å². The van der Waals surface area contributed by atoms with Crippen LogP contribution in [0.3, 0.4) is 0 Å². The van der Waals surface area contributed by atoms with Crippen LogP contribution in [0.1, 0.15) is 46.0 Å². The van der Waals surface area contributed by atoms with Gasteiger partial charge in [-0.1, -0.05) is 20.3 Å². The Morgan fingerprint density at radius 2 is 1.86 bits per heavy atom. The van der Waals surface area contributed by atoms with Crippen molar-refractivity contribution in [3.63, 3.8) is 0 Å². The standard InChI is InChI=1S/C16H30N2O3/c1-11(2)8-14(10-18(3)4)17-15(19)12-6-5-7-13(9-12)16(20)21/h11-14H,5-10H2,1-4H3,(H,17,19)(H,20,21). The van der Waals surface area contributed by atoms with Crippen LogP contribution in [0.4, 0.5) is 0 Å². The van der Waals surface area contributed by atoms with Crippen LogP contribution < -0.4 is 5.32 Å². The fourth-order valence-corrected chi connectivity index (χ4v) is 3.16. The second-order valence-corrected chi connectivity index (χ2v) is 7.00. The van der Waals surface area contributed by atoms with Gasteiger partial charge in [0.25, 0.3) is 0 Å². The maximum atomic E-state index is 12.4. The van der Waals surface area contributed by atoms with E-state index >= 15 is 0 Å². The summed E-state index contributed by atoms with van der Waals surface area (Å²) in [5, 5.41) is 12.3. The summed E-state index contributed by atoms with van der Waals surface area (Å²) in [5.41, 5.74) is 0. The Kier molecular flexibility index (Phi) is 7.15. The highest BCUT2D eigenvalue weighted by Gasteiger charge is 2.31. The number of likely N-dealkylation sites (N-methyl/N-ethyl adjacent to an activating group) is 1. The smallest absolute Gasteiger partial charge is 0.306 e. The van der Waals surface area contributed by atoms with E-state index in [0.29, 0.717) is 18.8 Å². The molecule has 122 valence electrons. The van der Waals surface area contributed by atoms with Crippen LogP contribution in [0.5, 0.6) is 0 Å². The molecular formula is C16H30N2O3. The number of amides is 1. The topological polar surface area (TPSA) is 69.6 Å². The summed E-state index contributed by atoms with van der Waals surface area (Å²) in [5.74, 6) is -0.704. The Hall–Kier alpha value is -1.10. The van der Waals surface area contributed by atoms with Crippen LogP contribution in [0.15, 0.2) is 0 Å². The van der Waals surface area contributed by atoms with E-state index in [4.69, 9.17) is 5.11 Å². The molecule has 3 atom stereocenters. The molecule has 0 aromatic rings. The third-order valence-corrected chi connectivity index (χ3v) is 4.08. The predicted octanol–water partition coefficient (Wildman–Crippen LogP) is 1.97. The predicted molar refractivity (Wildman–Crippen MR) is 83.0 cm³/mol. The molecule has 0 aromatic carbocycles. The normalized spacial score (nSPS) is 24.1. The second kappa shape index (κ2) is 8.37. The molecule has 1 rings (SSSR count). The van der Waals surface area contributed by atoms with Crippen molar-refractivity contribution in [1.29, 1.82) is 0 Å². The number of rotatable bonds is 7. The summed E-state index contributed by atoms with van der Waals surface area (Å²) in [6.45, 7) is 5.12. The molecule has 3 unspecified atom stereocenters. The molecule has 21 heavy (non-hydrogen) atoms. The lowest BCUT2D eigenvalue weighted by Gasteiger charge is -2.29. The van der Waals surface area contributed by atoms with Crippen LogP contribution in [0.25, 0.3) is 0 Å². The molecule has 0 aliphatic heterocycles. The van der Waals surface area contributed by atoms with Gasteiger partial charge in [0.1, 0.15) is 0 Å². The average Bonchev–Trinajstić information content (AvgIpc) is 2.37. The minimum atomic E-state index is -0.764. The van der Waals surface area contributed by atoms with Gasteiger partial charge in [0.2, 0.25) is 5.91 Å². The number of carboxylic acids is 1. The van der Waals surface area contributed by atoms with Crippen molar-refractivity contribution in [2.24, 2.45) is 17.8 Å². The number of carbonyl (C=O) groups excluding carboxylic acids is 1. The van der Waals surface area contributed by atoms with Crippen LogP contribution in [-0.4, -0.2) is 48.6 Å². The van der Waals surface area contributed by atoms with Gasteiger partial charge in [-0.3, -0.25) is 9.59 Å². The number of hydrogen-bond donors (Lipinski definition) is 2. The number of hydrogen-bond acceptors (Lipinski definition) is 3. The first-order valence-electron chi connectivity index (χ1n) is 7.97. The van der Waals surface area contributed by atoms with Gasteiger partial charge in [-0.25, -0.2) is 0 Å². The SMILES string of the molecule is CC(C)CC(CN(C)C)NC(=O)C1CCCC(C(=O)O)C1. The first kappa shape index (κ1) is 18.0. The van der Waals surface area contributed by atoms with Gasteiger partial charge in [-0.05, 0) is 45.7 Å². The lowest BCUT2D eigenvalue weighted by Crippen LogP contribution is -2.46. The molecule has 0 aromatic heterocycles. The van der Waals surface area contributed by atoms with E-state index in [0.717, 1.165) is 25.8 Å². The molecule has 1 saturated carbocycles. The summed E-state index contributed by atoms with van der Waals surface area (Å²) in [4.78, 5) is 25.6. The van der Waals surface area contributed by atoms with Crippen molar-refractivity contribution in [2.45, 2.75) is 52.0 Å². The van der Waals surface area contributed by atoms with Crippen molar-refractivity contribution >= 4 is 11.9 Å². The lowest BCUT2D eigenvalue weighted by molar-refractivity contribution is -0.144. The summed E-state index contributed by atoms with van der Waals surface area (Å²) in [7, 11) is 4.00. The number of nitrogens with one attached hydrogen (secondary N) is 1. The molecule has 1 fully saturated rings. The maximum absolute atomic E-state index is 12.4. The van der Waals surface area contributed by atoms with Crippen LogP contribution in [-0.2, 0) is 9.59 Å². The van der Waals surface area contributed by atoms with Gasteiger partial charge in [0.15, 0.2) is 0 Å². The number of carboxylic acid groups (broad SMARTS) is 1. The molecule has 5 heteroatoms. The fraction of sp³-hybridized carbons (Fsp3) is 0.875. The molecule has 1 amide bonds. The fourth-order valence-electron chi connectivity index (χ4n) is 3.16. The first-order chi connectivity index (χ1) is 9.79. The zero-order valence-corrected chi connectivity index (χ0v) is 13.8. The Balaban J connectivity index is 2.57. The van der Waals surface area contributed by atoms with Crippen molar-refractivity contribution < 1.29 is 14.7 Å². The molecule has 0 heterocycles. The van der Waals surface area contributed by atoms with Gasteiger partial charge in [0.05, 0.1) is 5.92 Å². The highest BCUT2D eigenvalue weighted by molar-refractivity contribution is 5.80. The quantitative estimate of drug-likeness (QED) is 0.754. The summed E-state index contributed by atoms with van der Waals surface area (Å²) >= 11 is 0. The third kappa shape index (κ3) is 6.46. The zero-order valence-electron chi connectivity index (χ0n) is 13.8. The molecule has 1 aliphatic carbocycles. The van der Waals surface area contributed by atoms with E-state index in [-0.39, 0.29) is 23.8 Å². The van der Waals surface area contributed by atoms with Gasteiger partial charge in [0, 0.05) is 18.5 Å². The Morgan fingerprint density at radius 3 is 2.38 bits per heavy atom. The minimum Gasteiger partial charge on any atom is -0.481 e. The number of nitrogens with zero attached hydrogens (tertiary/aromatic N) is 1. The third-order valence-electron chi connectivity index (χ3n) is 4.08. The van der Waals surface area contributed by atoms with Crippen molar-refractivity contribution in [2.75, 3.05) is 20.6 Å². The highest BCUT2D eigenvalue weighted by Crippen LogP contribution is 2.29. The summed E-state index contributed by atoms with van der Waals surface area (Å²) in [6, 6.07) is 0.137. The molecule has 0 saturated heterocycles. The van der Waals surface area contributed by atoms with Crippen LogP contribution in [0, 0.1) is 17.8 Å². The molecule has 0 spiro atoms. The van der Waals surface area contributed by atoms with E-state index in [9.17, 15) is 9.59 Å². The molecule has 0 radical (unpaired) electrons. The summed E-state index contributed by atoms with van der Waals surface area (Å²) in [6.07, 6.45) is 3.77. The van der Waals surface area contributed by atoms with E-state index < -0.39 is 5.97 Å². The van der Waals surface area contributed by atoms with Gasteiger partial charge < -0.3 is 15.3 Å². The maximum Gasteiger partial charge on any atom is 0.306 e. The second-order valence-electron chi connectivity index (χ2n) is 7.00. The number of aliphatic carboxylic acids is 1. The monoisotopic (exact) mass is 298 g/mol. The summed E-state index contributed by atoms with van der Waals surface area (Å²) < 4.78 is 0. The van der Waals surface area contributed by atoms with Crippen molar-refractivity contribution in [3.8, 4) is 0 Å². The number of carbonyl (C=O) groups is 2. The largest absolute Gasteiger partial charge is 0.481 e. The van der Waals surface area contributed by atoms with Gasteiger partial charge in [-0.2, -0.15) is 0 Å². The van der Waals surface area contributed by atoms with E-state index in [1.807, 2.05) is 14.1 Å². The van der Waals surface area contributed by atoms with E-state index in [1.165, 1.54) is 0 Å². The van der Waals surface area contributed by atoms with Crippen LogP contribution in [0.2, 0.25) is 0 Å². The average molecular weight is 298 g/mol. The lowest BCUT2D eigenvalue weighted by atomic mass is 9.81. The van der Waals surface area contributed by atoms with Gasteiger partial charge in [-0.15, -0.1) is 0 Å². The minimum absolute atomic E-state index is 0.0356. The van der Waals surface area contributed by atoms with Crippen molar-refractivity contribution in [3.05, 3.63) is 0 Å². The Bertz CT molecular complexity index is 345. The molecular weight excluding hydrogens is 268 g/mol. The zero-order chi connectivity index (χ0) is 16.0. The van der Waals surface area contributed by atoms with Crippen molar-refractivity contribution in [1.82, 2.24) is 10.2 Å². The molecule has 1 aliphatic rings. The Labute approximate surface area is 128 Å². The van der Waals surface area contributed by atoms with E-state index in [1.54, 1.807) is 0 Å². The highest BCUT2D eigenvalue weighted by atomic mass is 16.4. The molecule has 2 N–H and O–H groups in total. The molecule has 5 nitrogen and oxygen atoms in total. The first-order valence-corrected chi connectivity index (χ1v) is 7.97. The van der Waals surface area contributed by atoms with Gasteiger partial charge >= 0.3 is 5.97 Å². The Morgan fingerprint density at radius 1 is 1.24 bits per heavy atom. The van der Waals surface area contributed by atoms with Crippen LogP contribution >= 0.6 is 0 Å².